The maximum Gasteiger partial charge on any atom is 0.271 e. The number of likely N-dealkylation sites (tertiary alicyclic amines) is 1. The summed E-state index contributed by atoms with van der Waals surface area (Å²) < 4.78 is 39.9. The molecular weight excluding hydrogens is 624 g/mol. The fourth-order valence-electron chi connectivity index (χ4n) is 7.17. The first-order valence-electron chi connectivity index (χ1n) is 16.4. The molecule has 11 heteroatoms. The Morgan fingerprint density at radius 2 is 1.94 bits per heavy atom. The van der Waals surface area contributed by atoms with Crippen molar-refractivity contribution in [3.63, 3.8) is 0 Å². The van der Waals surface area contributed by atoms with Crippen molar-refractivity contribution >= 4 is 38.5 Å². The Hall–Kier alpha value is -5.34. The molecule has 49 heavy (non-hydrogen) atoms. The van der Waals surface area contributed by atoms with Gasteiger partial charge in [-0.25, -0.2) is 13.8 Å². The monoisotopic (exact) mass is 661 g/mol. The van der Waals surface area contributed by atoms with Gasteiger partial charge in [-0.3, -0.25) is 14.4 Å². The Bertz CT molecular complexity index is 2300. The number of H-pyrrole nitrogens is 1. The number of amides is 1. The lowest BCUT2D eigenvalue weighted by molar-refractivity contribution is 0.0817. The summed E-state index contributed by atoms with van der Waals surface area (Å²) in [6.07, 6.45) is 2.23. The number of nitrogens with one attached hydrogen (secondary N) is 1. The van der Waals surface area contributed by atoms with Crippen LogP contribution in [0.25, 0.3) is 55.1 Å². The van der Waals surface area contributed by atoms with Gasteiger partial charge in [-0.2, -0.15) is 10.4 Å². The molecule has 2 atom stereocenters. The van der Waals surface area contributed by atoms with E-state index >= 15 is 4.39 Å². The zero-order valence-corrected chi connectivity index (χ0v) is 28.1. The highest BCUT2D eigenvalue weighted by molar-refractivity contribution is 6.10. The Morgan fingerprint density at radius 3 is 2.67 bits per heavy atom. The average Bonchev–Trinajstić information content (AvgIpc) is 3.82. The topological polar surface area (TPSA) is 103 Å². The van der Waals surface area contributed by atoms with Gasteiger partial charge in [0.25, 0.3) is 5.91 Å². The number of nitriles is 1. The lowest BCUT2D eigenvalue weighted by Crippen LogP contribution is -2.38. The molecule has 6 aromatic rings. The number of ether oxygens (including phenoxy) is 1. The number of nitrogens with zero attached hydrogens (tertiary/aromatic N) is 6. The van der Waals surface area contributed by atoms with Crippen molar-refractivity contribution in [3.05, 3.63) is 77.5 Å². The van der Waals surface area contributed by atoms with Crippen molar-refractivity contribution in [1.29, 1.82) is 5.26 Å². The minimum absolute atomic E-state index is 0.0940. The van der Waals surface area contributed by atoms with Crippen molar-refractivity contribution < 1.29 is 18.3 Å². The summed E-state index contributed by atoms with van der Waals surface area (Å²) in [7, 11) is 7.16. The third kappa shape index (κ3) is 5.66. The van der Waals surface area contributed by atoms with Crippen LogP contribution in [0.5, 0.6) is 5.88 Å². The van der Waals surface area contributed by atoms with Crippen molar-refractivity contribution in [3.8, 4) is 34.5 Å². The van der Waals surface area contributed by atoms with E-state index in [1.54, 1.807) is 39.3 Å². The first kappa shape index (κ1) is 32.2. The molecule has 1 amide bonds. The van der Waals surface area contributed by atoms with Crippen LogP contribution in [0.3, 0.4) is 0 Å². The third-order valence-electron chi connectivity index (χ3n) is 9.67. The van der Waals surface area contributed by atoms with Crippen molar-refractivity contribution in [2.75, 3.05) is 27.7 Å². The van der Waals surface area contributed by atoms with Crippen molar-refractivity contribution in [1.82, 2.24) is 29.5 Å². The van der Waals surface area contributed by atoms with E-state index in [1.807, 2.05) is 31.2 Å². The lowest BCUT2D eigenvalue weighted by atomic mass is 9.90. The fraction of sp³-hybridized carbons (Fsp3) is 0.316. The molecule has 0 saturated carbocycles. The molecular formula is C38H37F2N7O2. The molecule has 1 aliphatic heterocycles. The Morgan fingerprint density at radius 1 is 1.12 bits per heavy atom. The van der Waals surface area contributed by atoms with Crippen LogP contribution in [0.1, 0.15) is 42.2 Å². The normalized spacial score (nSPS) is 15.7. The van der Waals surface area contributed by atoms with Gasteiger partial charge in [-0.15, -0.1) is 0 Å². The van der Waals surface area contributed by atoms with Crippen LogP contribution in [0.15, 0.2) is 54.6 Å². The van der Waals surface area contributed by atoms with Gasteiger partial charge < -0.3 is 14.6 Å². The molecule has 1 N–H and O–H groups in total. The van der Waals surface area contributed by atoms with Gasteiger partial charge in [-0.05, 0) is 92.0 Å². The van der Waals surface area contributed by atoms with Crippen LogP contribution in [-0.4, -0.2) is 75.3 Å². The SMILES string of the molecule is C[C@H](Oc1nc2c(F)c(-c3cccc4ccc(F)cc34)c(CCC#N)cc2c2[nH]c(-c3cc(C(=O)N(C)C)n(C)n3)cc12)[C@@H]1CCCN1C. The largest absolute Gasteiger partial charge is 0.472 e. The predicted molar refractivity (Wildman–Crippen MR) is 186 cm³/mol. The maximum atomic E-state index is 17.3. The molecule has 7 rings (SSSR count). The van der Waals surface area contributed by atoms with E-state index in [0.717, 1.165) is 24.8 Å². The number of carbonyl (C=O) groups excluding carboxylic acids is 1. The van der Waals surface area contributed by atoms with Gasteiger partial charge in [0.2, 0.25) is 5.88 Å². The number of pyridine rings is 1. The smallest absolute Gasteiger partial charge is 0.271 e. The van der Waals surface area contributed by atoms with Gasteiger partial charge in [-0.1, -0.05) is 24.3 Å². The zero-order valence-electron chi connectivity index (χ0n) is 28.1. The maximum absolute atomic E-state index is 17.3. The van der Waals surface area contributed by atoms with E-state index < -0.39 is 11.6 Å². The lowest BCUT2D eigenvalue weighted by Gasteiger charge is -2.26. The Balaban J connectivity index is 1.49. The highest BCUT2D eigenvalue weighted by Crippen LogP contribution is 2.42. The van der Waals surface area contributed by atoms with E-state index in [-0.39, 0.29) is 47.9 Å². The van der Waals surface area contributed by atoms with Crippen LogP contribution < -0.4 is 4.74 Å². The molecule has 0 bridgehead atoms. The standard InChI is InChI=1S/C38H37F2N7O2/c1-21(31-12-8-16-46(31)4)49-37-28-19-29(30-20-32(47(5)44-30)38(48)45(2)3)42-35(28)27-17-23(10-7-15-41)33(34(40)36(27)43-37)25-11-6-9-22-13-14-24(39)18-26(22)25/h6,9,11,13-14,17-21,31,42H,7-8,10,12,16H2,1-5H3/t21-,31-/m0/s1. The number of rotatable bonds is 8. The summed E-state index contributed by atoms with van der Waals surface area (Å²) in [4.78, 5) is 24.9. The Kier molecular flexibility index (Phi) is 8.28. The number of aromatic nitrogens is 4. The number of benzene rings is 3. The summed E-state index contributed by atoms with van der Waals surface area (Å²) in [5.74, 6) is -0.914. The fourth-order valence-corrected chi connectivity index (χ4v) is 7.17. The molecule has 0 radical (unpaired) electrons. The molecule has 9 nitrogen and oxygen atoms in total. The van der Waals surface area contributed by atoms with E-state index in [9.17, 15) is 14.4 Å². The minimum atomic E-state index is -0.576. The number of aryl methyl sites for hydroxylation is 2. The number of carbonyl (C=O) groups is 1. The quantitative estimate of drug-likeness (QED) is 0.185. The van der Waals surface area contributed by atoms with E-state index in [2.05, 4.69) is 28.1 Å². The van der Waals surface area contributed by atoms with Crippen LogP contribution in [0.4, 0.5) is 8.78 Å². The second-order valence-corrected chi connectivity index (χ2v) is 13.1. The molecule has 1 fully saturated rings. The van der Waals surface area contributed by atoms with Gasteiger partial charge in [0.1, 0.15) is 28.8 Å². The highest BCUT2D eigenvalue weighted by atomic mass is 19.1. The molecule has 0 unspecified atom stereocenters. The molecule has 1 aliphatic rings. The van der Waals surface area contributed by atoms with Crippen molar-refractivity contribution in [2.45, 2.75) is 44.8 Å². The Labute approximate surface area is 282 Å². The highest BCUT2D eigenvalue weighted by Gasteiger charge is 2.30. The molecule has 3 aromatic carbocycles. The number of halogens is 2. The van der Waals surface area contributed by atoms with Crippen LogP contribution in [-0.2, 0) is 13.5 Å². The second kappa shape index (κ2) is 12.6. The average molecular weight is 662 g/mol. The summed E-state index contributed by atoms with van der Waals surface area (Å²) in [6.45, 7) is 2.98. The van der Waals surface area contributed by atoms with Crippen LogP contribution >= 0.6 is 0 Å². The van der Waals surface area contributed by atoms with Gasteiger partial charge >= 0.3 is 0 Å². The van der Waals surface area contributed by atoms with Gasteiger partial charge in [0, 0.05) is 44.6 Å². The number of fused-ring (bicyclic) bond motifs is 4. The summed E-state index contributed by atoms with van der Waals surface area (Å²) >= 11 is 0. The molecule has 4 heterocycles. The zero-order chi connectivity index (χ0) is 34.6. The van der Waals surface area contributed by atoms with E-state index in [1.165, 1.54) is 21.7 Å². The number of likely N-dealkylation sites (N-methyl/N-ethyl adjacent to an activating group) is 1. The number of hydrogen-bond acceptors (Lipinski definition) is 6. The number of aromatic amines is 1. The molecule has 0 aliphatic carbocycles. The van der Waals surface area contributed by atoms with E-state index in [0.29, 0.717) is 49.9 Å². The minimum Gasteiger partial charge on any atom is -0.472 e. The molecule has 250 valence electrons. The first-order valence-corrected chi connectivity index (χ1v) is 16.4. The predicted octanol–water partition coefficient (Wildman–Crippen LogP) is 7.23. The molecule has 3 aromatic heterocycles. The first-order chi connectivity index (χ1) is 23.5. The van der Waals surface area contributed by atoms with Gasteiger partial charge in [0.15, 0.2) is 5.82 Å². The summed E-state index contributed by atoms with van der Waals surface area (Å²) in [5.41, 5.74) is 3.66. The van der Waals surface area contributed by atoms with E-state index in [4.69, 9.17) is 9.72 Å². The van der Waals surface area contributed by atoms with Crippen LogP contribution in [0.2, 0.25) is 0 Å². The van der Waals surface area contributed by atoms with Crippen molar-refractivity contribution in [2.24, 2.45) is 7.05 Å². The third-order valence-corrected chi connectivity index (χ3v) is 9.67. The summed E-state index contributed by atoms with van der Waals surface area (Å²) in [6, 6.07) is 17.7. The molecule has 0 spiro atoms. The summed E-state index contributed by atoms with van der Waals surface area (Å²) in [5, 5.41) is 16.6. The molecule has 1 saturated heterocycles. The van der Waals surface area contributed by atoms with Crippen LogP contribution in [0, 0.1) is 23.0 Å². The second-order valence-electron chi connectivity index (χ2n) is 13.1. The number of hydrogen-bond donors (Lipinski definition) is 1. The van der Waals surface area contributed by atoms with Gasteiger partial charge in [0.05, 0.1) is 22.7 Å².